The van der Waals surface area contributed by atoms with Crippen LogP contribution >= 0.6 is 22.6 Å². The Hall–Kier alpha value is -1.17. The number of hydrogen-bond donors (Lipinski definition) is 1. The number of nitrogens with two attached hydrogens (primary N) is 1. The third-order valence-corrected chi connectivity index (χ3v) is 3.10. The van der Waals surface area contributed by atoms with E-state index in [2.05, 4.69) is 32.6 Å². The molecule has 3 nitrogen and oxygen atoms in total. The Bertz CT molecular complexity index is 483. The Morgan fingerprint density at radius 2 is 1.80 bits per heavy atom. The molecule has 2 rings (SSSR count). The Morgan fingerprint density at radius 3 is 2.47 bits per heavy atom. The number of halogens is 1. The molecule has 0 bridgehead atoms. The lowest BCUT2D eigenvalue weighted by Gasteiger charge is -2.06. The number of aromatic nitrogens is 2. The van der Waals surface area contributed by atoms with Gasteiger partial charge in [-0.2, -0.15) is 0 Å². The molecule has 0 spiro atoms. The molecule has 76 valence electrons. The molecule has 0 aliphatic heterocycles. The van der Waals surface area contributed by atoms with Crippen LogP contribution in [-0.4, -0.2) is 9.97 Å². The van der Waals surface area contributed by atoms with Crippen molar-refractivity contribution in [1.29, 1.82) is 0 Å². The molecule has 0 atom stereocenters. The topological polar surface area (TPSA) is 51.8 Å². The van der Waals surface area contributed by atoms with E-state index in [1.807, 2.05) is 37.3 Å². The van der Waals surface area contributed by atoms with Crippen LogP contribution in [0.25, 0.3) is 11.3 Å². The number of nitrogen functional groups attached to an aromatic ring is 1. The van der Waals surface area contributed by atoms with E-state index in [1.54, 1.807) is 0 Å². The van der Waals surface area contributed by atoms with Crippen LogP contribution in [0.15, 0.2) is 30.3 Å². The van der Waals surface area contributed by atoms with Gasteiger partial charge in [-0.1, -0.05) is 30.3 Å². The molecule has 4 heteroatoms. The Balaban J connectivity index is 2.63. The second-order valence-electron chi connectivity index (χ2n) is 3.18. The molecule has 0 unspecified atom stereocenters. The maximum absolute atomic E-state index is 5.80. The number of nitrogens with zero attached hydrogens (tertiary/aromatic N) is 2. The van der Waals surface area contributed by atoms with Gasteiger partial charge in [-0.3, -0.25) is 0 Å². The standard InChI is InChI=1S/C11H10IN3/c1-7-14-10(9(12)11(13)15-7)8-5-3-2-4-6-8/h2-6H,1H3,(H2,13,14,15). The SMILES string of the molecule is Cc1nc(N)c(I)c(-c2ccccc2)n1. The maximum Gasteiger partial charge on any atom is 0.141 e. The van der Waals surface area contributed by atoms with Gasteiger partial charge in [-0.15, -0.1) is 0 Å². The van der Waals surface area contributed by atoms with Crippen LogP contribution in [0.4, 0.5) is 5.82 Å². The monoisotopic (exact) mass is 311 g/mol. The van der Waals surface area contributed by atoms with E-state index in [0.29, 0.717) is 11.6 Å². The minimum atomic E-state index is 0.543. The van der Waals surface area contributed by atoms with Crippen LogP contribution in [0, 0.1) is 10.5 Å². The molecule has 1 aromatic heterocycles. The van der Waals surface area contributed by atoms with Crippen molar-refractivity contribution in [2.75, 3.05) is 5.73 Å². The van der Waals surface area contributed by atoms with E-state index in [1.165, 1.54) is 0 Å². The molecular formula is C11H10IN3. The molecule has 0 saturated carbocycles. The van der Waals surface area contributed by atoms with Gasteiger partial charge in [0, 0.05) is 5.56 Å². The van der Waals surface area contributed by atoms with E-state index in [-0.39, 0.29) is 0 Å². The summed E-state index contributed by atoms with van der Waals surface area (Å²) in [5.74, 6) is 1.24. The van der Waals surface area contributed by atoms with Crippen molar-refractivity contribution >= 4 is 28.4 Å². The van der Waals surface area contributed by atoms with Gasteiger partial charge in [0.25, 0.3) is 0 Å². The highest BCUT2D eigenvalue weighted by Gasteiger charge is 2.09. The van der Waals surface area contributed by atoms with Crippen molar-refractivity contribution < 1.29 is 0 Å². The summed E-state index contributed by atoms with van der Waals surface area (Å²) in [4.78, 5) is 8.52. The van der Waals surface area contributed by atoms with Crippen LogP contribution in [0.1, 0.15) is 5.82 Å². The van der Waals surface area contributed by atoms with Crippen LogP contribution in [0.3, 0.4) is 0 Å². The molecule has 2 N–H and O–H groups in total. The Morgan fingerprint density at radius 1 is 1.13 bits per heavy atom. The molecule has 0 aliphatic carbocycles. The number of aryl methyl sites for hydroxylation is 1. The lowest BCUT2D eigenvalue weighted by atomic mass is 10.1. The summed E-state index contributed by atoms with van der Waals surface area (Å²) in [7, 11) is 0. The second-order valence-corrected chi connectivity index (χ2v) is 4.26. The zero-order valence-corrected chi connectivity index (χ0v) is 10.4. The number of hydrogen-bond acceptors (Lipinski definition) is 3. The lowest BCUT2D eigenvalue weighted by Crippen LogP contribution is -2.01. The van der Waals surface area contributed by atoms with E-state index < -0.39 is 0 Å². The summed E-state index contributed by atoms with van der Waals surface area (Å²) < 4.78 is 0.907. The third-order valence-electron chi connectivity index (χ3n) is 2.04. The van der Waals surface area contributed by atoms with Crippen LogP contribution in [0.2, 0.25) is 0 Å². The first kappa shape index (κ1) is 10.4. The van der Waals surface area contributed by atoms with Gasteiger partial charge in [0.2, 0.25) is 0 Å². The highest BCUT2D eigenvalue weighted by Crippen LogP contribution is 2.25. The molecule has 1 heterocycles. The van der Waals surface area contributed by atoms with E-state index >= 15 is 0 Å². The summed E-state index contributed by atoms with van der Waals surface area (Å²) in [6, 6.07) is 9.98. The third kappa shape index (κ3) is 2.09. The highest BCUT2D eigenvalue weighted by atomic mass is 127. The van der Waals surface area contributed by atoms with Crippen molar-refractivity contribution in [2.24, 2.45) is 0 Å². The summed E-state index contributed by atoms with van der Waals surface area (Å²) >= 11 is 2.18. The molecule has 0 radical (unpaired) electrons. The molecule has 2 aromatic rings. The van der Waals surface area contributed by atoms with Crippen molar-refractivity contribution in [2.45, 2.75) is 6.92 Å². The Kier molecular flexibility index (Phi) is 2.86. The van der Waals surface area contributed by atoms with Gasteiger partial charge in [0.05, 0.1) is 9.26 Å². The minimum absolute atomic E-state index is 0.543. The largest absolute Gasteiger partial charge is 0.383 e. The van der Waals surface area contributed by atoms with Crippen molar-refractivity contribution in [3.8, 4) is 11.3 Å². The van der Waals surface area contributed by atoms with Crippen molar-refractivity contribution in [3.63, 3.8) is 0 Å². The van der Waals surface area contributed by atoms with Gasteiger partial charge in [-0.25, -0.2) is 9.97 Å². The number of anilines is 1. The normalized spacial score (nSPS) is 10.3. The summed E-state index contributed by atoms with van der Waals surface area (Å²) in [5.41, 5.74) is 7.77. The van der Waals surface area contributed by atoms with Gasteiger partial charge in [0.1, 0.15) is 11.6 Å². The minimum Gasteiger partial charge on any atom is -0.383 e. The average Bonchev–Trinajstić information content (AvgIpc) is 2.24. The predicted molar refractivity (Wildman–Crippen MR) is 69.3 cm³/mol. The fraction of sp³-hybridized carbons (Fsp3) is 0.0909. The van der Waals surface area contributed by atoms with Crippen molar-refractivity contribution in [3.05, 3.63) is 39.7 Å². The van der Waals surface area contributed by atoms with E-state index in [9.17, 15) is 0 Å². The summed E-state index contributed by atoms with van der Waals surface area (Å²) in [5, 5.41) is 0. The van der Waals surface area contributed by atoms with Crippen LogP contribution in [0.5, 0.6) is 0 Å². The van der Waals surface area contributed by atoms with E-state index in [0.717, 1.165) is 14.8 Å². The quantitative estimate of drug-likeness (QED) is 0.824. The molecule has 0 amide bonds. The van der Waals surface area contributed by atoms with Gasteiger partial charge in [0.15, 0.2) is 0 Å². The summed E-state index contributed by atoms with van der Waals surface area (Å²) in [6.07, 6.45) is 0. The zero-order valence-electron chi connectivity index (χ0n) is 8.24. The van der Waals surface area contributed by atoms with E-state index in [4.69, 9.17) is 5.73 Å². The highest BCUT2D eigenvalue weighted by molar-refractivity contribution is 14.1. The van der Waals surface area contributed by atoms with Crippen molar-refractivity contribution in [1.82, 2.24) is 9.97 Å². The average molecular weight is 311 g/mol. The van der Waals surface area contributed by atoms with Gasteiger partial charge in [-0.05, 0) is 29.5 Å². The number of benzene rings is 1. The first-order chi connectivity index (χ1) is 7.18. The smallest absolute Gasteiger partial charge is 0.141 e. The van der Waals surface area contributed by atoms with Gasteiger partial charge < -0.3 is 5.73 Å². The fourth-order valence-corrected chi connectivity index (χ4v) is 1.92. The van der Waals surface area contributed by atoms with Gasteiger partial charge >= 0.3 is 0 Å². The Labute approximate surface area is 102 Å². The first-order valence-corrected chi connectivity index (χ1v) is 5.61. The molecular weight excluding hydrogens is 301 g/mol. The predicted octanol–water partition coefficient (Wildman–Crippen LogP) is 2.64. The summed E-state index contributed by atoms with van der Waals surface area (Å²) in [6.45, 7) is 1.85. The molecule has 15 heavy (non-hydrogen) atoms. The molecule has 0 saturated heterocycles. The first-order valence-electron chi connectivity index (χ1n) is 4.53. The zero-order chi connectivity index (χ0) is 10.8. The molecule has 1 aromatic carbocycles. The second kappa shape index (κ2) is 4.14. The fourth-order valence-electron chi connectivity index (χ4n) is 1.37. The number of rotatable bonds is 1. The lowest BCUT2D eigenvalue weighted by molar-refractivity contribution is 1.06. The molecule has 0 aliphatic rings. The maximum atomic E-state index is 5.80. The van der Waals surface area contributed by atoms with Crippen LogP contribution in [-0.2, 0) is 0 Å². The van der Waals surface area contributed by atoms with Crippen LogP contribution < -0.4 is 5.73 Å². The molecule has 0 fully saturated rings.